The minimum absolute atomic E-state index is 0.243. The summed E-state index contributed by atoms with van der Waals surface area (Å²) in [4.78, 5) is 5.73. The first-order valence-corrected chi connectivity index (χ1v) is 7.34. The van der Waals surface area contributed by atoms with E-state index in [1.54, 1.807) is 22.0 Å². The molecule has 0 bridgehead atoms. The van der Waals surface area contributed by atoms with E-state index < -0.39 is 0 Å². The Kier molecular flexibility index (Phi) is 3.40. The first-order chi connectivity index (χ1) is 9.26. The summed E-state index contributed by atoms with van der Waals surface area (Å²) in [5, 5.41) is 10.5. The fourth-order valence-electron chi connectivity index (χ4n) is 1.94. The van der Waals surface area contributed by atoms with Crippen molar-refractivity contribution in [2.45, 2.75) is 19.4 Å². The van der Waals surface area contributed by atoms with Crippen LogP contribution in [0.25, 0.3) is 5.65 Å². The zero-order valence-corrected chi connectivity index (χ0v) is 11.9. The molecule has 1 unspecified atom stereocenters. The molecule has 3 aromatic rings. The average molecular weight is 293 g/mol. The van der Waals surface area contributed by atoms with Gasteiger partial charge in [0.15, 0.2) is 5.65 Å². The zero-order chi connectivity index (χ0) is 13.2. The molecule has 0 aliphatic heterocycles. The van der Waals surface area contributed by atoms with Crippen LogP contribution in [0.4, 0.5) is 5.95 Å². The molecular weight excluding hydrogens is 280 g/mol. The molecule has 6 heteroatoms. The largest absolute Gasteiger partial charge is 0.345 e. The molecule has 0 saturated heterocycles. The topological polar surface area (TPSA) is 42.2 Å². The fraction of sp³-hybridized carbons (Fsp3) is 0.231. The van der Waals surface area contributed by atoms with E-state index in [0.29, 0.717) is 11.0 Å². The predicted molar refractivity (Wildman–Crippen MR) is 79.0 cm³/mol. The average Bonchev–Trinajstić information content (AvgIpc) is 3.04. The highest BCUT2D eigenvalue weighted by Crippen LogP contribution is 2.25. The van der Waals surface area contributed by atoms with Crippen molar-refractivity contribution >= 4 is 34.5 Å². The monoisotopic (exact) mass is 292 g/mol. The van der Waals surface area contributed by atoms with Gasteiger partial charge in [-0.05, 0) is 30.0 Å². The lowest BCUT2D eigenvalue weighted by atomic mass is 10.2. The van der Waals surface area contributed by atoms with Crippen molar-refractivity contribution in [3.8, 4) is 0 Å². The highest BCUT2D eigenvalue weighted by Gasteiger charge is 2.13. The molecule has 0 aliphatic rings. The summed E-state index contributed by atoms with van der Waals surface area (Å²) in [6.07, 6.45) is 2.73. The smallest absolute Gasteiger partial charge is 0.243 e. The summed E-state index contributed by atoms with van der Waals surface area (Å²) in [6, 6.07) is 8.09. The number of aromatic nitrogens is 3. The highest BCUT2D eigenvalue weighted by molar-refractivity contribution is 7.10. The van der Waals surface area contributed by atoms with Gasteiger partial charge in [-0.25, -0.2) is 4.52 Å². The van der Waals surface area contributed by atoms with E-state index in [1.807, 2.05) is 12.1 Å². The summed E-state index contributed by atoms with van der Waals surface area (Å²) in [6.45, 7) is 2.14. The van der Waals surface area contributed by atoms with Crippen LogP contribution >= 0.6 is 22.9 Å². The van der Waals surface area contributed by atoms with Crippen molar-refractivity contribution in [3.05, 3.63) is 45.7 Å². The standard InChI is InChI=1S/C13H13ClN4S/c1-2-10(11-4-3-7-19-11)15-13-16-12-6-5-9(14)8-18(12)17-13/h3-8,10H,2H2,1H3,(H,15,17). The van der Waals surface area contributed by atoms with Crippen LogP contribution in [0.2, 0.25) is 5.02 Å². The van der Waals surface area contributed by atoms with E-state index in [4.69, 9.17) is 11.6 Å². The minimum atomic E-state index is 0.243. The molecule has 98 valence electrons. The molecule has 1 atom stereocenters. The second-order valence-corrected chi connectivity index (χ2v) is 5.62. The third-order valence-electron chi connectivity index (χ3n) is 2.89. The van der Waals surface area contributed by atoms with E-state index in [9.17, 15) is 0 Å². The van der Waals surface area contributed by atoms with E-state index >= 15 is 0 Å². The first-order valence-electron chi connectivity index (χ1n) is 6.08. The maximum atomic E-state index is 5.93. The second kappa shape index (κ2) is 5.19. The number of fused-ring (bicyclic) bond motifs is 1. The van der Waals surface area contributed by atoms with Gasteiger partial charge in [0.1, 0.15) is 0 Å². The van der Waals surface area contributed by atoms with Crippen LogP contribution in [0.3, 0.4) is 0 Å². The Labute approximate surface area is 120 Å². The van der Waals surface area contributed by atoms with Crippen molar-refractivity contribution in [1.82, 2.24) is 14.6 Å². The lowest BCUT2D eigenvalue weighted by molar-refractivity contribution is 0.751. The van der Waals surface area contributed by atoms with E-state index in [1.165, 1.54) is 4.88 Å². The molecule has 0 amide bonds. The van der Waals surface area contributed by atoms with Gasteiger partial charge in [0, 0.05) is 11.1 Å². The van der Waals surface area contributed by atoms with Crippen LogP contribution in [0.15, 0.2) is 35.8 Å². The summed E-state index contributed by atoms with van der Waals surface area (Å²) in [7, 11) is 0. The normalized spacial score (nSPS) is 12.7. The van der Waals surface area contributed by atoms with Gasteiger partial charge in [-0.1, -0.05) is 24.6 Å². The van der Waals surface area contributed by atoms with Crippen molar-refractivity contribution in [3.63, 3.8) is 0 Å². The Morgan fingerprint density at radius 3 is 3.05 bits per heavy atom. The third-order valence-corrected chi connectivity index (χ3v) is 4.10. The lowest BCUT2D eigenvalue weighted by Crippen LogP contribution is -2.09. The summed E-state index contributed by atoms with van der Waals surface area (Å²) >= 11 is 7.67. The molecule has 0 aliphatic carbocycles. The second-order valence-electron chi connectivity index (χ2n) is 4.21. The number of anilines is 1. The molecule has 3 aromatic heterocycles. The molecule has 0 radical (unpaired) electrons. The SMILES string of the molecule is CCC(Nc1nc2ccc(Cl)cn2n1)c1cccs1. The third kappa shape index (κ3) is 2.57. The number of pyridine rings is 1. The summed E-state index contributed by atoms with van der Waals surface area (Å²) in [5.74, 6) is 0.627. The van der Waals surface area contributed by atoms with Gasteiger partial charge in [-0.2, -0.15) is 4.98 Å². The van der Waals surface area contributed by atoms with Gasteiger partial charge in [0.2, 0.25) is 5.95 Å². The lowest BCUT2D eigenvalue weighted by Gasteiger charge is -2.13. The Morgan fingerprint density at radius 2 is 2.32 bits per heavy atom. The van der Waals surface area contributed by atoms with E-state index in [2.05, 4.69) is 39.8 Å². The maximum Gasteiger partial charge on any atom is 0.243 e. The summed E-state index contributed by atoms with van der Waals surface area (Å²) < 4.78 is 1.69. The quantitative estimate of drug-likeness (QED) is 0.790. The van der Waals surface area contributed by atoms with Crippen molar-refractivity contribution in [1.29, 1.82) is 0 Å². The molecule has 19 heavy (non-hydrogen) atoms. The number of thiophene rings is 1. The highest BCUT2D eigenvalue weighted by atomic mass is 35.5. The van der Waals surface area contributed by atoms with Gasteiger partial charge in [0.05, 0.1) is 11.1 Å². The van der Waals surface area contributed by atoms with Crippen LogP contribution in [0.5, 0.6) is 0 Å². The zero-order valence-electron chi connectivity index (χ0n) is 10.4. The Morgan fingerprint density at radius 1 is 1.42 bits per heavy atom. The van der Waals surface area contributed by atoms with Crippen molar-refractivity contribution in [2.24, 2.45) is 0 Å². The van der Waals surface area contributed by atoms with Crippen molar-refractivity contribution in [2.75, 3.05) is 5.32 Å². The molecule has 3 rings (SSSR count). The fourth-order valence-corrected chi connectivity index (χ4v) is 2.96. The van der Waals surface area contributed by atoms with Gasteiger partial charge >= 0.3 is 0 Å². The number of rotatable bonds is 4. The molecule has 1 N–H and O–H groups in total. The number of nitrogens with one attached hydrogen (secondary N) is 1. The van der Waals surface area contributed by atoms with E-state index in [-0.39, 0.29) is 6.04 Å². The predicted octanol–water partition coefficient (Wildman–Crippen LogP) is 4.01. The van der Waals surface area contributed by atoms with E-state index in [0.717, 1.165) is 12.1 Å². The van der Waals surface area contributed by atoms with Crippen molar-refractivity contribution < 1.29 is 0 Å². The van der Waals surface area contributed by atoms with Crippen LogP contribution in [0.1, 0.15) is 24.3 Å². The molecule has 4 nitrogen and oxygen atoms in total. The van der Waals surface area contributed by atoms with Crippen LogP contribution in [-0.2, 0) is 0 Å². The Balaban J connectivity index is 1.88. The number of hydrogen-bond acceptors (Lipinski definition) is 4. The molecular formula is C13H13ClN4S. The van der Waals surface area contributed by atoms with Gasteiger partial charge in [-0.15, -0.1) is 16.4 Å². The van der Waals surface area contributed by atoms with Crippen LogP contribution in [-0.4, -0.2) is 14.6 Å². The molecule has 3 heterocycles. The number of hydrogen-bond donors (Lipinski definition) is 1. The number of nitrogens with zero attached hydrogens (tertiary/aromatic N) is 3. The number of halogens is 1. The molecule has 0 aromatic carbocycles. The maximum absolute atomic E-state index is 5.93. The van der Waals surface area contributed by atoms with Gasteiger partial charge in [-0.3, -0.25) is 0 Å². The van der Waals surface area contributed by atoms with Gasteiger partial charge in [0.25, 0.3) is 0 Å². The van der Waals surface area contributed by atoms with Crippen LogP contribution in [0, 0.1) is 0 Å². The first kappa shape index (κ1) is 12.4. The van der Waals surface area contributed by atoms with Crippen LogP contribution < -0.4 is 5.32 Å². The minimum Gasteiger partial charge on any atom is -0.345 e. The van der Waals surface area contributed by atoms with Gasteiger partial charge < -0.3 is 5.32 Å². The Hall–Kier alpha value is -1.59. The molecule has 0 saturated carbocycles. The molecule has 0 spiro atoms. The summed E-state index contributed by atoms with van der Waals surface area (Å²) in [5.41, 5.74) is 0.785. The Bertz CT molecular complexity index is 677. The molecule has 0 fully saturated rings.